The zero-order valence-electron chi connectivity index (χ0n) is 27.3. The SMILES string of the molecule is C=CCN(Cn1nnc2ccccc21)C(=O)C1N([C@@H](CO)CC(C)C)C(=O)[C@@H]2[C@H](C(=O)N(CC=C)c3ccccc3)[C@@H]3CC(C)C12S3. The van der Waals surface area contributed by atoms with Crippen LogP contribution in [0.3, 0.4) is 0 Å². The number of nitrogens with zero attached hydrogens (tertiary/aromatic N) is 6. The summed E-state index contributed by atoms with van der Waals surface area (Å²) >= 11 is 1.64. The summed E-state index contributed by atoms with van der Waals surface area (Å²) in [6.45, 7) is 14.4. The Hall–Kier alpha value is -3.96. The summed E-state index contributed by atoms with van der Waals surface area (Å²) in [5, 5.41) is 19.2. The molecule has 3 unspecified atom stereocenters. The van der Waals surface area contributed by atoms with E-state index in [9.17, 15) is 14.7 Å². The van der Waals surface area contributed by atoms with Crippen molar-refractivity contribution in [2.45, 2.75) is 62.4 Å². The van der Waals surface area contributed by atoms with Crippen molar-refractivity contribution in [1.82, 2.24) is 24.8 Å². The molecule has 1 aromatic heterocycles. The second-order valence-electron chi connectivity index (χ2n) is 13.4. The lowest BCUT2D eigenvalue weighted by atomic mass is 9.65. The van der Waals surface area contributed by atoms with Crippen LogP contribution in [-0.4, -0.2) is 89.4 Å². The number of carbonyl (C=O) groups excluding carboxylic acids is 3. The van der Waals surface area contributed by atoms with Gasteiger partial charge in [-0.05, 0) is 48.9 Å². The first-order valence-corrected chi connectivity index (χ1v) is 17.3. The molecule has 248 valence electrons. The highest BCUT2D eigenvalue weighted by Gasteiger charge is 2.77. The minimum atomic E-state index is -0.877. The molecule has 4 heterocycles. The van der Waals surface area contributed by atoms with Gasteiger partial charge in [0.25, 0.3) is 0 Å². The van der Waals surface area contributed by atoms with Gasteiger partial charge in [-0.15, -0.1) is 30.0 Å². The Labute approximate surface area is 280 Å². The van der Waals surface area contributed by atoms with Crippen molar-refractivity contribution in [2.75, 3.05) is 24.6 Å². The van der Waals surface area contributed by atoms with Crippen LogP contribution in [-0.2, 0) is 21.1 Å². The maximum absolute atomic E-state index is 15.1. The Morgan fingerprint density at radius 1 is 1.09 bits per heavy atom. The number of anilines is 1. The minimum absolute atomic E-state index is 0.0183. The number of thioether (sulfide) groups is 1. The van der Waals surface area contributed by atoms with Crippen LogP contribution in [0.1, 0.15) is 33.6 Å². The van der Waals surface area contributed by atoms with Crippen molar-refractivity contribution >= 4 is 46.2 Å². The number of hydrogen-bond acceptors (Lipinski definition) is 7. The first-order valence-electron chi connectivity index (χ1n) is 16.4. The number of aliphatic hydroxyl groups excluding tert-OH is 1. The van der Waals surface area contributed by atoms with E-state index in [4.69, 9.17) is 0 Å². The Balaban J connectivity index is 1.44. The Morgan fingerprint density at radius 2 is 1.79 bits per heavy atom. The number of aromatic nitrogens is 3. The number of likely N-dealkylation sites (tertiary alicyclic amines) is 1. The molecular formula is C36H44N6O4S. The highest BCUT2D eigenvalue weighted by Crippen LogP contribution is 2.69. The van der Waals surface area contributed by atoms with E-state index in [2.05, 4.69) is 30.4 Å². The molecule has 3 amide bonds. The summed E-state index contributed by atoms with van der Waals surface area (Å²) in [6, 6.07) is 15.6. The molecule has 2 bridgehead atoms. The van der Waals surface area contributed by atoms with Crippen molar-refractivity contribution in [2.24, 2.45) is 23.7 Å². The predicted octanol–water partition coefficient (Wildman–Crippen LogP) is 4.37. The molecule has 6 rings (SSSR count). The van der Waals surface area contributed by atoms with Gasteiger partial charge in [-0.25, -0.2) is 4.68 Å². The van der Waals surface area contributed by atoms with Crippen molar-refractivity contribution in [3.05, 3.63) is 79.9 Å². The Morgan fingerprint density at radius 3 is 2.47 bits per heavy atom. The van der Waals surface area contributed by atoms with Crippen LogP contribution < -0.4 is 4.90 Å². The van der Waals surface area contributed by atoms with Gasteiger partial charge in [0, 0.05) is 24.0 Å². The van der Waals surface area contributed by atoms with Gasteiger partial charge < -0.3 is 19.8 Å². The molecule has 3 aromatic rings. The summed E-state index contributed by atoms with van der Waals surface area (Å²) in [7, 11) is 0. The van der Waals surface area contributed by atoms with Crippen LogP contribution in [0.25, 0.3) is 11.0 Å². The van der Waals surface area contributed by atoms with Gasteiger partial charge in [0.05, 0.1) is 34.7 Å². The van der Waals surface area contributed by atoms with Crippen molar-refractivity contribution in [1.29, 1.82) is 0 Å². The van der Waals surface area contributed by atoms with Gasteiger partial charge in [-0.1, -0.05) is 68.5 Å². The van der Waals surface area contributed by atoms with Gasteiger partial charge in [-0.2, -0.15) is 0 Å². The van der Waals surface area contributed by atoms with Crippen LogP contribution >= 0.6 is 11.8 Å². The first-order chi connectivity index (χ1) is 22.7. The maximum atomic E-state index is 15.1. The number of para-hydroxylation sites is 2. The highest BCUT2D eigenvalue weighted by molar-refractivity contribution is 8.02. The largest absolute Gasteiger partial charge is 0.394 e. The highest BCUT2D eigenvalue weighted by atomic mass is 32.2. The lowest BCUT2D eigenvalue weighted by Crippen LogP contribution is -2.59. The number of fused-ring (bicyclic) bond motifs is 2. The van der Waals surface area contributed by atoms with Crippen LogP contribution in [0.15, 0.2) is 79.9 Å². The average Bonchev–Trinajstić information content (AvgIpc) is 3.79. The van der Waals surface area contributed by atoms with E-state index in [1.807, 2.05) is 68.4 Å². The first kappa shape index (κ1) is 33.0. The number of carbonyl (C=O) groups is 3. The molecule has 0 aliphatic carbocycles. The van der Waals surface area contributed by atoms with Gasteiger partial charge >= 0.3 is 0 Å². The lowest BCUT2D eigenvalue weighted by Gasteiger charge is -2.42. The zero-order valence-corrected chi connectivity index (χ0v) is 28.1. The Bertz CT molecular complexity index is 1660. The topological polar surface area (TPSA) is 112 Å². The average molecular weight is 657 g/mol. The van der Waals surface area contributed by atoms with Crippen LogP contribution in [0.4, 0.5) is 5.69 Å². The van der Waals surface area contributed by atoms with E-state index < -0.39 is 28.7 Å². The van der Waals surface area contributed by atoms with Gasteiger partial charge in [0.15, 0.2) is 0 Å². The molecule has 3 aliphatic heterocycles. The second kappa shape index (κ2) is 13.3. The van der Waals surface area contributed by atoms with Crippen molar-refractivity contribution < 1.29 is 19.5 Å². The number of hydrogen-bond donors (Lipinski definition) is 1. The molecule has 11 heteroatoms. The summed E-state index contributed by atoms with van der Waals surface area (Å²) in [5.74, 6) is -1.77. The van der Waals surface area contributed by atoms with Gasteiger partial charge in [0.2, 0.25) is 17.7 Å². The fourth-order valence-electron chi connectivity index (χ4n) is 8.20. The predicted molar refractivity (Wildman–Crippen MR) is 184 cm³/mol. The van der Waals surface area contributed by atoms with E-state index in [0.717, 1.165) is 16.7 Å². The fraction of sp³-hybridized carbons (Fsp3) is 0.472. The summed E-state index contributed by atoms with van der Waals surface area (Å²) in [6.07, 6.45) is 4.61. The lowest BCUT2D eigenvalue weighted by molar-refractivity contribution is -0.147. The van der Waals surface area contributed by atoms with Gasteiger partial charge in [-0.3, -0.25) is 14.4 Å². The number of rotatable bonds is 13. The molecule has 47 heavy (non-hydrogen) atoms. The monoisotopic (exact) mass is 656 g/mol. The van der Waals surface area contributed by atoms with E-state index >= 15 is 4.79 Å². The molecule has 10 nitrogen and oxygen atoms in total. The third-order valence-corrected chi connectivity index (χ3v) is 12.2. The molecule has 3 aliphatic rings. The number of aliphatic hydroxyl groups is 1. The summed E-state index contributed by atoms with van der Waals surface area (Å²) in [4.78, 5) is 49.6. The van der Waals surface area contributed by atoms with E-state index in [1.165, 1.54) is 0 Å². The smallest absolute Gasteiger partial charge is 0.248 e. The molecular weight excluding hydrogens is 613 g/mol. The third kappa shape index (κ3) is 5.47. The molecule has 0 radical (unpaired) electrons. The molecule has 7 atom stereocenters. The van der Waals surface area contributed by atoms with Gasteiger partial charge in [0.1, 0.15) is 18.2 Å². The quantitative estimate of drug-likeness (QED) is 0.272. The second-order valence-corrected chi connectivity index (χ2v) is 15.0. The molecule has 0 saturated carbocycles. The van der Waals surface area contributed by atoms with E-state index in [0.29, 0.717) is 19.4 Å². The zero-order chi connectivity index (χ0) is 33.5. The standard InChI is InChI=1S/C36H44N6O4S/c1-6-17-39(22-41-28-16-12-11-15-27(28)37-38-41)35(46)32-36-24(5)20-29(47-36)30(31(36)34(45)42(32)26(21-43)19-23(3)4)33(44)40(18-7-2)25-13-9-8-10-14-25/h6-16,23-24,26,29-32,43H,1-2,17-22H2,3-5H3/t24?,26-,29+,30-,31+,32?,36?/m1/s1. The Kier molecular flexibility index (Phi) is 9.31. The van der Waals surface area contributed by atoms with Crippen molar-refractivity contribution in [3.63, 3.8) is 0 Å². The van der Waals surface area contributed by atoms with Crippen molar-refractivity contribution in [3.8, 4) is 0 Å². The molecule has 1 N–H and O–H groups in total. The number of amides is 3. The maximum Gasteiger partial charge on any atom is 0.248 e. The van der Waals surface area contributed by atoms with E-state index in [-0.39, 0.29) is 54.6 Å². The third-order valence-electron chi connectivity index (χ3n) is 10.1. The molecule has 2 aromatic carbocycles. The van der Waals surface area contributed by atoms with Crippen LogP contribution in [0, 0.1) is 23.7 Å². The van der Waals surface area contributed by atoms with Crippen LogP contribution in [0.2, 0.25) is 0 Å². The summed E-state index contributed by atoms with van der Waals surface area (Å²) in [5.41, 5.74) is 2.25. The molecule has 1 spiro atoms. The minimum Gasteiger partial charge on any atom is -0.394 e. The summed E-state index contributed by atoms with van der Waals surface area (Å²) < 4.78 is 0.844. The van der Waals surface area contributed by atoms with E-state index in [1.54, 1.807) is 43.3 Å². The molecule has 3 fully saturated rings. The fourth-order valence-corrected chi connectivity index (χ4v) is 10.6. The van der Waals surface area contributed by atoms with Crippen LogP contribution in [0.5, 0.6) is 0 Å². The number of benzene rings is 2. The normalized spacial score (nSPS) is 26.9. The molecule has 3 saturated heterocycles.